The van der Waals surface area contributed by atoms with Gasteiger partial charge in [-0.05, 0) is 13.3 Å². The number of hydrogen-bond donors (Lipinski definition) is 1. The monoisotopic (exact) mass is 102 g/mol. The van der Waals surface area contributed by atoms with Crippen molar-refractivity contribution in [1.82, 2.24) is 0 Å². The molecular weight excluding hydrogens is 92.1 g/mol. The van der Waals surface area contributed by atoms with Gasteiger partial charge in [0.05, 0.1) is 6.10 Å². The summed E-state index contributed by atoms with van der Waals surface area (Å²) in [6.45, 7) is 1.67. The lowest BCUT2D eigenvalue weighted by atomic mass is 10.2. The molecule has 0 radical (unpaired) electrons. The van der Waals surface area contributed by atoms with E-state index in [1.807, 2.05) is 0 Å². The van der Waals surface area contributed by atoms with E-state index in [9.17, 15) is 4.79 Å². The maximum absolute atomic E-state index is 9.60. The summed E-state index contributed by atoms with van der Waals surface area (Å²) in [7, 11) is 0. The lowest BCUT2D eigenvalue weighted by Gasteiger charge is -1.95. The Morgan fingerprint density at radius 2 is 2.43 bits per heavy atom. The van der Waals surface area contributed by atoms with Gasteiger partial charge >= 0.3 is 0 Å². The maximum Gasteiger partial charge on any atom is 0.120 e. The maximum atomic E-state index is 9.60. The van der Waals surface area contributed by atoms with Crippen LogP contribution in [0.3, 0.4) is 0 Å². The van der Waals surface area contributed by atoms with E-state index < -0.39 is 0 Å². The molecule has 1 atom stereocenters. The van der Waals surface area contributed by atoms with Crippen LogP contribution in [-0.4, -0.2) is 17.5 Å². The fraction of sp³-hybridized carbons (Fsp3) is 0.800. The molecule has 0 aliphatic rings. The molecule has 0 aliphatic heterocycles. The molecule has 0 rings (SSSR count). The minimum absolute atomic E-state index is 0.329. The van der Waals surface area contributed by atoms with Crippen LogP contribution in [0.15, 0.2) is 0 Å². The van der Waals surface area contributed by atoms with Crippen LogP contribution in [0.1, 0.15) is 19.8 Å². The Kier molecular flexibility index (Phi) is 3.61. The van der Waals surface area contributed by atoms with Gasteiger partial charge in [-0.25, -0.2) is 0 Å². The van der Waals surface area contributed by atoms with E-state index >= 15 is 0 Å². The molecular formula is C5H10O2. The highest BCUT2D eigenvalue weighted by Gasteiger charge is 1.90. The number of carbonyl (C=O) groups excluding carboxylic acids is 1. The molecule has 0 bridgehead atoms. The van der Waals surface area contributed by atoms with Crippen LogP contribution in [0, 0.1) is 0 Å². The second-order valence-electron chi connectivity index (χ2n) is 1.59. The van der Waals surface area contributed by atoms with Gasteiger partial charge in [-0.15, -0.1) is 0 Å². The molecule has 2 heteroatoms. The van der Waals surface area contributed by atoms with Crippen molar-refractivity contribution in [3.05, 3.63) is 0 Å². The van der Waals surface area contributed by atoms with Gasteiger partial charge in [0.15, 0.2) is 0 Å². The largest absolute Gasteiger partial charge is 0.393 e. The van der Waals surface area contributed by atoms with Crippen LogP contribution >= 0.6 is 0 Å². The lowest BCUT2D eigenvalue weighted by molar-refractivity contribution is -0.108. The molecule has 0 heterocycles. The first-order valence-electron chi connectivity index (χ1n) is 2.39. The van der Waals surface area contributed by atoms with E-state index in [-0.39, 0.29) is 6.10 Å². The fourth-order valence-electron chi connectivity index (χ4n) is 0.309. The average molecular weight is 102 g/mol. The Morgan fingerprint density at radius 3 is 2.57 bits per heavy atom. The molecule has 0 unspecified atom stereocenters. The number of carbonyl (C=O) groups is 1. The van der Waals surface area contributed by atoms with Crippen molar-refractivity contribution in [2.75, 3.05) is 0 Å². The van der Waals surface area contributed by atoms with Gasteiger partial charge in [0, 0.05) is 6.42 Å². The molecule has 2 nitrogen and oxygen atoms in total. The van der Waals surface area contributed by atoms with Crippen molar-refractivity contribution < 1.29 is 9.90 Å². The SMILES string of the molecule is C[C@@H](O)CCC=O. The molecule has 0 saturated heterocycles. The summed E-state index contributed by atoms with van der Waals surface area (Å²) in [5.41, 5.74) is 0. The molecule has 0 saturated carbocycles. The second-order valence-corrected chi connectivity index (χ2v) is 1.59. The highest BCUT2D eigenvalue weighted by molar-refractivity contribution is 5.49. The summed E-state index contributed by atoms with van der Waals surface area (Å²) in [4.78, 5) is 9.60. The van der Waals surface area contributed by atoms with Gasteiger partial charge in [-0.2, -0.15) is 0 Å². The van der Waals surface area contributed by atoms with E-state index in [4.69, 9.17) is 5.11 Å². The van der Waals surface area contributed by atoms with Gasteiger partial charge in [0.1, 0.15) is 6.29 Å². The molecule has 0 aromatic heterocycles. The zero-order chi connectivity index (χ0) is 5.70. The fourth-order valence-corrected chi connectivity index (χ4v) is 0.309. The molecule has 0 aromatic rings. The van der Waals surface area contributed by atoms with Gasteiger partial charge < -0.3 is 9.90 Å². The summed E-state index contributed by atoms with van der Waals surface area (Å²) in [5.74, 6) is 0. The van der Waals surface area contributed by atoms with E-state index in [2.05, 4.69) is 0 Å². The standard InChI is InChI=1S/C5H10O2/c1-5(7)3-2-4-6/h4-5,7H,2-3H2,1H3/t5-/m1/s1. The minimum Gasteiger partial charge on any atom is -0.393 e. The molecule has 0 spiro atoms. The van der Waals surface area contributed by atoms with Crippen molar-refractivity contribution in [2.45, 2.75) is 25.9 Å². The average Bonchev–Trinajstić information content (AvgIpc) is 1.61. The third-order valence-electron chi connectivity index (χ3n) is 0.702. The zero-order valence-corrected chi connectivity index (χ0v) is 4.42. The van der Waals surface area contributed by atoms with E-state index in [1.165, 1.54) is 0 Å². The Hall–Kier alpha value is -0.370. The van der Waals surface area contributed by atoms with Crippen LogP contribution < -0.4 is 0 Å². The number of hydrogen-bond acceptors (Lipinski definition) is 2. The van der Waals surface area contributed by atoms with Crippen LogP contribution in [0.5, 0.6) is 0 Å². The van der Waals surface area contributed by atoms with Crippen molar-refractivity contribution >= 4 is 6.29 Å². The molecule has 0 aromatic carbocycles. The Morgan fingerprint density at radius 1 is 1.86 bits per heavy atom. The summed E-state index contributed by atoms with van der Waals surface area (Å²) in [6.07, 6.45) is 1.54. The third kappa shape index (κ3) is 5.63. The molecule has 0 amide bonds. The zero-order valence-electron chi connectivity index (χ0n) is 4.42. The Labute approximate surface area is 43.2 Å². The highest BCUT2D eigenvalue weighted by Crippen LogP contribution is 1.90. The number of aliphatic hydroxyl groups excluding tert-OH is 1. The summed E-state index contributed by atoms with van der Waals surface area (Å²) in [5, 5.41) is 8.52. The minimum atomic E-state index is -0.329. The van der Waals surface area contributed by atoms with Crippen LogP contribution in [0.4, 0.5) is 0 Å². The first-order chi connectivity index (χ1) is 3.27. The first-order valence-corrected chi connectivity index (χ1v) is 2.39. The lowest BCUT2D eigenvalue weighted by Crippen LogP contribution is -1.98. The molecule has 1 N–H and O–H groups in total. The van der Waals surface area contributed by atoms with E-state index in [0.29, 0.717) is 12.8 Å². The summed E-state index contributed by atoms with van der Waals surface area (Å²) >= 11 is 0. The molecule has 42 valence electrons. The normalized spacial score (nSPS) is 13.4. The molecule has 7 heavy (non-hydrogen) atoms. The van der Waals surface area contributed by atoms with Crippen LogP contribution in [-0.2, 0) is 4.79 Å². The number of aliphatic hydroxyl groups is 1. The van der Waals surface area contributed by atoms with E-state index in [1.54, 1.807) is 6.92 Å². The Balaban J connectivity index is 2.81. The molecule has 0 fully saturated rings. The number of aldehydes is 1. The highest BCUT2D eigenvalue weighted by atomic mass is 16.3. The Bertz CT molecular complexity index is 50.0. The number of rotatable bonds is 3. The van der Waals surface area contributed by atoms with Crippen molar-refractivity contribution in [1.29, 1.82) is 0 Å². The summed E-state index contributed by atoms with van der Waals surface area (Å²) in [6, 6.07) is 0. The quantitative estimate of drug-likeness (QED) is 0.522. The summed E-state index contributed by atoms with van der Waals surface area (Å²) < 4.78 is 0. The van der Waals surface area contributed by atoms with Gasteiger partial charge in [0.25, 0.3) is 0 Å². The van der Waals surface area contributed by atoms with Crippen LogP contribution in [0.2, 0.25) is 0 Å². The topological polar surface area (TPSA) is 37.3 Å². The van der Waals surface area contributed by atoms with Gasteiger partial charge in [-0.1, -0.05) is 0 Å². The predicted octanol–water partition coefficient (Wildman–Crippen LogP) is 0.346. The predicted molar refractivity (Wildman–Crippen MR) is 27.0 cm³/mol. The van der Waals surface area contributed by atoms with Crippen molar-refractivity contribution in [3.8, 4) is 0 Å². The van der Waals surface area contributed by atoms with Crippen molar-refractivity contribution in [2.24, 2.45) is 0 Å². The first kappa shape index (κ1) is 6.63. The smallest absolute Gasteiger partial charge is 0.120 e. The van der Waals surface area contributed by atoms with Gasteiger partial charge in [0.2, 0.25) is 0 Å². The molecule has 0 aliphatic carbocycles. The van der Waals surface area contributed by atoms with Crippen LogP contribution in [0.25, 0.3) is 0 Å². The van der Waals surface area contributed by atoms with Gasteiger partial charge in [-0.3, -0.25) is 0 Å². The third-order valence-corrected chi connectivity index (χ3v) is 0.702. The second kappa shape index (κ2) is 3.81. The van der Waals surface area contributed by atoms with E-state index in [0.717, 1.165) is 6.29 Å². The van der Waals surface area contributed by atoms with Crippen molar-refractivity contribution in [3.63, 3.8) is 0 Å².